The van der Waals surface area contributed by atoms with Crippen molar-refractivity contribution in [3.63, 3.8) is 0 Å². The van der Waals surface area contributed by atoms with Crippen molar-refractivity contribution in [3.8, 4) is 0 Å². The molecule has 0 aliphatic carbocycles. The molecule has 0 spiro atoms. The van der Waals surface area contributed by atoms with E-state index in [4.69, 9.17) is 19.8 Å². The first kappa shape index (κ1) is 22.9. The van der Waals surface area contributed by atoms with Gasteiger partial charge in [0.25, 0.3) is 18.9 Å². The second-order valence-corrected chi connectivity index (χ2v) is 7.47. The van der Waals surface area contributed by atoms with E-state index in [-0.39, 0.29) is 18.9 Å². The highest BCUT2D eigenvalue weighted by molar-refractivity contribution is 6.01. The summed E-state index contributed by atoms with van der Waals surface area (Å²) in [6.07, 6.45) is 8.39. The molecule has 5 rings (SSSR count). The number of hydrogen-bond acceptors (Lipinski definition) is 6. The van der Waals surface area contributed by atoms with E-state index in [2.05, 4.69) is 25.9 Å². The zero-order valence-corrected chi connectivity index (χ0v) is 17.4. The molecular weight excluding hydrogens is 414 g/mol. The van der Waals surface area contributed by atoms with Crippen molar-refractivity contribution in [2.45, 2.75) is 19.0 Å². The van der Waals surface area contributed by atoms with Gasteiger partial charge in [0.05, 0.1) is 17.3 Å². The summed E-state index contributed by atoms with van der Waals surface area (Å²) in [5, 5.41) is 18.1. The van der Waals surface area contributed by atoms with Crippen LogP contribution < -0.4 is 0 Å². The molecule has 3 aromatic heterocycles. The molecule has 10 nitrogen and oxygen atoms in total. The second kappa shape index (κ2) is 11.0. The van der Waals surface area contributed by atoms with Crippen LogP contribution in [0.1, 0.15) is 22.3 Å². The smallest absolute Gasteiger partial charge is 0.290 e. The van der Waals surface area contributed by atoms with Crippen LogP contribution in [0.25, 0.3) is 5.52 Å². The number of aromatic nitrogens is 3. The third-order valence-corrected chi connectivity index (χ3v) is 5.67. The van der Waals surface area contributed by atoms with E-state index in [9.17, 15) is 4.79 Å². The summed E-state index contributed by atoms with van der Waals surface area (Å²) in [5.74, 6) is 0.680. The SMILES string of the molecule is O=C(c1cnn2ccccc12)N1CC[C@H]2CN(Cc3cccnc3)C[C@H]21.O=CO.O=CO. The van der Waals surface area contributed by atoms with Crippen molar-refractivity contribution in [3.05, 3.63) is 66.2 Å². The first-order valence-corrected chi connectivity index (χ1v) is 10.1. The molecule has 2 aliphatic rings. The van der Waals surface area contributed by atoms with E-state index >= 15 is 0 Å². The molecule has 1 amide bonds. The summed E-state index contributed by atoms with van der Waals surface area (Å²) < 4.78 is 1.77. The van der Waals surface area contributed by atoms with Gasteiger partial charge < -0.3 is 15.1 Å². The number of hydrogen-bond donors (Lipinski definition) is 2. The molecule has 2 saturated heterocycles. The van der Waals surface area contributed by atoms with E-state index in [1.165, 1.54) is 5.56 Å². The topological polar surface area (TPSA) is 128 Å². The summed E-state index contributed by atoms with van der Waals surface area (Å²) in [6, 6.07) is 10.2. The van der Waals surface area contributed by atoms with Gasteiger partial charge in [-0.1, -0.05) is 12.1 Å². The maximum atomic E-state index is 13.2. The first-order chi connectivity index (χ1) is 15.6. The Hall–Kier alpha value is -3.79. The van der Waals surface area contributed by atoms with Gasteiger partial charge >= 0.3 is 0 Å². The van der Waals surface area contributed by atoms with Crippen molar-refractivity contribution < 1.29 is 24.6 Å². The number of amides is 1. The number of carbonyl (C=O) groups is 3. The Balaban J connectivity index is 0.000000437. The molecule has 3 aromatic rings. The number of carbonyl (C=O) groups excluding carboxylic acids is 1. The average molecular weight is 439 g/mol. The van der Waals surface area contributed by atoms with Crippen molar-refractivity contribution in [1.29, 1.82) is 0 Å². The van der Waals surface area contributed by atoms with Gasteiger partial charge in [0.2, 0.25) is 0 Å². The summed E-state index contributed by atoms with van der Waals surface area (Å²) in [7, 11) is 0. The van der Waals surface area contributed by atoms with Gasteiger partial charge in [0.15, 0.2) is 0 Å². The average Bonchev–Trinajstić information content (AvgIpc) is 3.49. The van der Waals surface area contributed by atoms with Gasteiger partial charge in [-0.3, -0.25) is 24.3 Å². The highest BCUT2D eigenvalue weighted by atomic mass is 16.3. The predicted molar refractivity (Wildman–Crippen MR) is 115 cm³/mol. The normalized spacial score (nSPS) is 19.3. The molecule has 0 bridgehead atoms. The molecule has 2 N–H and O–H groups in total. The van der Waals surface area contributed by atoms with Crippen LogP contribution in [0.5, 0.6) is 0 Å². The van der Waals surface area contributed by atoms with Gasteiger partial charge in [0.1, 0.15) is 0 Å². The van der Waals surface area contributed by atoms with Gasteiger partial charge in [-0.2, -0.15) is 5.10 Å². The Morgan fingerprint density at radius 3 is 2.59 bits per heavy atom. The van der Waals surface area contributed by atoms with Gasteiger partial charge in [-0.25, -0.2) is 4.52 Å². The highest BCUT2D eigenvalue weighted by Gasteiger charge is 2.43. The fraction of sp³-hybridized carbons (Fsp3) is 0.318. The van der Waals surface area contributed by atoms with Crippen LogP contribution in [0, 0.1) is 5.92 Å². The molecule has 168 valence electrons. The summed E-state index contributed by atoms with van der Waals surface area (Å²) >= 11 is 0. The lowest BCUT2D eigenvalue weighted by molar-refractivity contribution is -0.123. The largest absolute Gasteiger partial charge is 0.483 e. The molecule has 2 fully saturated rings. The minimum atomic E-state index is -0.250. The minimum Gasteiger partial charge on any atom is -0.483 e. The lowest BCUT2D eigenvalue weighted by atomic mass is 10.0. The van der Waals surface area contributed by atoms with Crippen LogP contribution in [0.4, 0.5) is 0 Å². The van der Waals surface area contributed by atoms with Crippen molar-refractivity contribution in [2.75, 3.05) is 19.6 Å². The molecule has 32 heavy (non-hydrogen) atoms. The lowest BCUT2D eigenvalue weighted by Gasteiger charge is -2.24. The molecule has 5 heterocycles. The van der Waals surface area contributed by atoms with Crippen LogP contribution in [0.2, 0.25) is 0 Å². The quantitative estimate of drug-likeness (QED) is 0.587. The summed E-state index contributed by atoms with van der Waals surface area (Å²) in [4.78, 5) is 38.6. The Morgan fingerprint density at radius 1 is 1.09 bits per heavy atom. The van der Waals surface area contributed by atoms with Gasteiger partial charge in [-0.15, -0.1) is 0 Å². The predicted octanol–water partition coefficient (Wildman–Crippen LogP) is 1.48. The molecule has 2 aliphatic heterocycles. The highest BCUT2D eigenvalue weighted by Crippen LogP contribution is 2.33. The fourth-order valence-electron chi connectivity index (χ4n) is 4.43. The molecular formula is C22H25N5O5. The van der Waals surface area contributed by atoms with E-state index in [0.29, 0.717) is 17.5 Å². The summed E-state index contributed by atoms with van der Waals surface area (Å²) in [6.45, 7) is 3.24. The van der Waals surface area contributed by atoms with Crippen LogP contribution in [0.3, 0.4) is 0 Å². The monoisotopic (exact) mass is 439 g/mol. The summed E-state index contributed by atoms with van der Waals surface area (Å²) in [5.41, 5.74) is 2.82. The van der Waals surface area contributed by atoms with E-state index in [1.807, 2.05) is 36.7 Å². The van der Waals surface area contributed by atoms with E-state index in [1.54, 1.807) is 16.9 Å². The number of pyridine rings is 2. The third-order valence-electron chi connectivity index (χ3n) is 5.67. The number of nitrogens with zero attached hydrogens (tertiary/aromatic N) is 5. The molecule has 0 saturated carbocycles. The first-order valence-electron chi connectivity index (χ1n) is 10.1. The van der Waals surface area contributed by atoms with Crippen LogP contribution >= 0.6 is 0 Å². The Kier molecular flexibility index (Phi) is 7.87. The van der Waals surface area contributed by atoms with Crippen LogP contribution in [0.15, 0.2) is 55.1 Å². The minimum absolute atomic E-state index is 0.113. The van der Waals surface area contributed by atoms with E-state index in [0.717, 1.165) is 38.1 Å². The van der Waals surface area contributed by atoms with E-state index < -0.39 is 0 Å². The van der Waals surface area contributed by atoms with Gasteiger partial charge in [0, 0.05) is 50.8 Å². The molecule has 0 radical (unpaired) electrons. The van der Waals surface area contributed by atoms with Crippen LogP contribution in [-0.2, 0) is 16.1 Å². The van der Waals surface area contributed by atoms with Crippen LogP contribution in [-0.4, -0.2) is 79.1 Å². The maximum Gasteiger partial charge on any atom is 0.290 e. The Labute approximate surface area is 184 Å². The molecule has 0 aromatic carbocycles. The standard InChI is InChI=1S/C20H21N5O.2CH2O2/c26-20(17-11-22-25-8-2-1-5-18(17)25)24-9-6-16-13-23(14-19(16)24)12-15-4-3-7-21-10-15;2*2-1-3/h1-5,7-8,10-11,16,19H,6,9,12-14H2;2*1H,(H,2,3)/t16-,19+;;/m0../s1. The van der Waals surface area contributed by atoms with Crippen molar-refractivity contribution >= 4 is 24.4 Å². The number of carboxylic acid groups (broad SMARTS) is 2. The van der Waals surface area contributed by atoms with Crippen molar-refractivity contribution in [1.82, 2.24) is 24.4 Å². The number of fused-ring (bicyclic) bond motifs is 2. The number of likely N-dealkylation sites (tertiary alicyclic amines) is 2. The number of rotatable bonds is 3. The zero-order valence-electron chi connectivity index (χ0n) is 17.4. The zero-order chi connectivity index (χ0) is 22.9. The van der Waals surface area contributed by atoms with Crippen molar-refractivity contribution in [2.24, 2.45) is 5.92 Å². The molecule has 0 unspecified atom stereocenters. The maximum absolute atomic E-state index is 13.2. The Morgan fingerprint density at radius 2 is 1.88 bits per heavy atom. The molecule has 10 heteroatoms. The fourth-order valence-corrected chi connectivity index (χ4v) is 4.43. The Bertz CT molecular complexity index is 1040. The lowest BCUT2D eigenvalue weighted by Crippen LogP contribution is -2.39. The molecule has 2 atom stereocenters. The van der Waals surface area contributed by atoms with Gasteiger partial charge in [-0.05, 0) is 36.1 Å². The third kappa shape index (κ3) is 5.09. The second-order valence-electron chi connectivity index (χ2n) is 7.47.